The number of thioether (sulfide) groups is 2. The van der Waals surface area contributed by atoms with Gasteiger partial charge in [0.25, 0.3) is 0 Å². The minimum absolute atomic E-state index is 0.0619. The van der Waals surface area contributed by atoms with Crippen LogP contribution in [0.3, 0.4) is 0 Å². The summed E-state index contributed by atoms with van der Waals surface area (Å²) in [6.45, 7) is 6.43. The van der Waals surface area contributed by atoms with Gasteiger partial charge in [0.2, 0.25) is 11.8 Å². The van der Waals surface area contributed by atoms with Crippen molar-refractivity contribution in [3.8, 4) is 12.1 Å². The Kier molecular flexibility index (Phi) is 11.1. The summed E-state index contributed by atoms with van der Waals surface area (Å²) in [7, 11) is 0. The molecule has 35 heavy (non-hydrogen) atoms. The first-order chi connectivity index (χ1) is 17.0. The molecule has 3 atom stereocenters. The number of nitrogens with one attached hydrogen (secondary N) is 2. The van der Waals surface area contributed by atoms with Crippen LogP contribution in [-0.2, 0) is 16.0 Å². The zero-order valence-electron chi connectivity index (χ0n) is 20.2. The van der Waals surface area contributed by atoms with Crippen LogP contribution in [0, 0.1) is 28.6 Å². The first-order valence-electron chi connectivity index (χ1n) is 12.2. The molecular formula is C25H34N6O2S2. The molecule has 8 nitrogen and oxygen atoms in total. The molecule has 2 aliphatic rings. The van der Waals surface area contributed by atoms with E-state index < -0.39 is 11.8 Å². The van der Waals surface area contributed by atoms with Crippen molar-refractivity contribution in [1.29, 1.82) is 10.5 Å². The zero-order chi connectivity index (χ0) is 25.0. The molecule has 0 aliphatic carbocycles. The van der Waals surface area contributed by atoms with Gasteiger partial charge < -0.3 is 20.4 Å². The number of rotatable bonds is 12. The molecule has 0 spiro atoms. The van der Waals surface area contributed by atoms with Crippen molar-refractivity contribution in [3.05, 3.63) is 29.8 Å². The first-order valence-corrected chi connectivity index (χ1v) is 14.3. The molecule has 3 rings (SSSR count). The fraction of sp³-hybridized carbons (Fsp3) is 0.600. The highest BCUT2D eigenvalue weighted by Gasteiger charge is 2.40. The summed E-state index contributed by atoms with van der Waals surface area (Å²) in [6, 6.07) is 12.4. The molecule has 2 aliphatic heterocycles. The molecule has 188 valence electrons. The van der Waals surface area contributed by atoms with Gasteiger partial charge in [-0.1, -0.05) is 12.1 Å². The van der Waals surface area contributed by atoms with E-state index in [1.165, 1.54) is 41.9 Å². The summed E-state index contributed by atoms with van der Waals surface area (Å²) in [5.74, 6) is 1.17. The Hall–Kier alpha value is -2.40. The number of nitriles is 2. The van der Waals surface area contributed by atoms with Crippen molar-refractivity contribution in [2.75, 3.05) is 56.1 Å². The average Bonchev–Trinajstić information content (AvgIpc) is 3.19. The van der Waals surface area contributed by atoms with Crippen LogP contribution in [0.1, 0.15) is 25.3 Å². The third kappa shape index (κ3) is 8.06. The van der Waals surface area contributed by atoms with Crippen LogP contribution in [0.4, 0.5) is 5.69 Å². The maximum atomic E-state index is 12.9. The topological polar surface area (TPSA) is 112 Å². The van der Waals surface area contributed by atoms with Gasteiger partial charge in [-0.15, -0.1) is 11.8 Å². The van der Waals surface area contributed by atoms with Crippen molar-refractivity contribution < 1.29 is 9.59 Å². The predicted molar refractivity (Wildman–Crippen MR) is 142 cm³/mol. The standard InChI is InChI=1S/C25H34N6O2S2/c1-2-31-23(17-20(18-27)24(32)29-10-8-26)35-22(25(31)33)6-9-28-21-5-3-4-19(16-21)7-11-30-12-14-34-15-13-30/h3-5,16,20,22-23,28H,2,6-7,9-15,17H2,1H3,(H,29,32). The molecule has 1 aromatic carbocycles. The third-order valence-electron chi connectivity index (χ3n) is 6.30. The molecule has 2 heterocycles. The Morgan fingerprint density at radius 2 is 2.09 bits per heavy atom. The number of hydrogen-bond donors (Lipinski definition) is 2. The number of amides is 2. The number of nitrogens with zero attached hydrogens (tertiary/aromatic N) is 4. The van der Waals surface area contributed by atoms with Crippen LogP contribution in [0.2, 0.25) is 0 Å². The number of carbonyl (C=O) groups is 2. The highest BCUT2D eigenvalue weighted by atomic mass is 32.2. The number of benzene rings is 1. The fourth-order valence-electron chi connectivity index (χ4n) is 4.35. The monoisotopic (exact) mass is 514 g/mol. The molecule has 0 saturated carbocycles. The predicted octanol–water partition coefficient (Wildman–Crippen LogP) is 2.54. The number of carbonyl (C=O) groups excluding carboxylic acids is 2. The molecule has 2 fully saturated rings. The van der Waals surface area contributed by atoms with Crippen LogP contribution in [0.5, 0.6) is 0 Å². The Bertz CT molecular complexity index is 941. The lowest BCUT2D eigenvalue weighted by molar-refractivity contribution is -0.131. The van der Waals surface area contributed by atoms with E-state index in [1.54, 1.807) is 4.90 Å². The van der Waals surface area contributed by atoms with Gasteiger partial charge in [0.05, 0.1) is 22.8 Å². The van der Waals surface area contributed by atoms with Crippen LogP contribution in [-0.4, -0.2) is 83.0 Å². The maximum absolute atomic E-state index is 12.9. The molecule has 2 amide bonds. The van der Waals surface area contributed by atoms with Gasteiger partial charge in [-0.3, -0.25) is 9.59 Å². The Morgan fingerprint density at radius 3 is 2.80 bits per heavy atom. The van der Waals surface area contributed by atoms with E-state index in [2.05, 4.69) is 39.8 Å². The lowest BCUT2D eigenvalue weighted by Gasteiger charge is -2.26. The molecule has 2 saturated heterocycles. The van der Waals surface area contributed by atoms with Crippen LogP contribution in [0.25, 0.3) is 0 Å². The summed E-state index contributed by atoms with van der Waals surface area (Å²) < 4.78 is 0. The highest BCUT2D eigenvalue weighted by molar-refractivity contribution is 8.01. The third-order valence-corrected chi connectivity index (χ3v) is 8.77. The van der Waals surface area contributed by atoms with Crippen LogP contribution in [0.15, 0.2) is 24.3 Å². The molecule has 2 N–H and O–H groups in total. The lowest BCUT2D eigenvalue weighted by Crippen LogP contribution is -2.38. The second-order valence-electron chi connectivity index (χ2n) is 8.62. The molecular weight excluding hydrogens is 480 g/mol. The van der Waals surface area contributed by atoms with E-state index in [9.17, 15) is 14.9 Å². The average molecular weight is 515 g/mol. The van der Waals surface area contributed by atoms with Crippen molar-refractivity contribution >= 4 is 41.0 Å². The van der Waals surface area contributed by atoms with Gasteiger partial charge in [0, 0.05) is 56.3 Å². The van der Waals surface area contributed by atoms with Crippen LogP contribution < -0.4 is 10.6 Å². The molecule has 10 heteroatoms. The van der Waals surface area contributed by atoms with E-state index >= 15 is 0 Å². The minimum Gasteiger partial charge on any atom is -0.385 e. The molecule has 3 unspecified atom stereocenters. The Labute approximate surface area is 216 Å². The minimum atomic E-state index is -0.883. The van der Waals surface area contributed by atoms with Gasteiger partial charge in [0.15, 0.2) is 0 Å². The van der Waals surface area contributed by atoms with E-state index in [1.807, 2.05) is 30.8 Å². The molecule has 0 radical (unpaired) electrons. The zero-order valence-corrected chi connectivity index (χ0v) is 21.9. The van der Waals surface area contributed by atoms with Crippen molar-refractivity contribution in [2.45, 2.75) is 36.8 Å². The Morgan fingerprint density at radius 1 is 1.29 bits per heavy atom. The summed E-state index contributed by atoms with van der Waals surface area (Å²) in [4.78, 5) is 29.4. The van der Waals surface area contributed by atoms with Crippen molar-refractivity contribution in [1.82, 2.24) is 15.1 Å². The normalized spacial score (nSPS) is 21.2. The first kappa shape index (κ1) is 27.2. The maximum Gasteiger partial charge on any atom is 0.238 e. The number of anilines is 1. The Balaban J connectivity index is 1.48. The quantitative estimate of drug-likeness (QED) is 0.409. The van der Waals surface area contributed by atoms with Crippen molar-refractivity contribution in [2.24, 2.45) is 5.92 Å². The summed E-state index contributed by atoms with van der Waals surface area (Å²) in [5.41, 5.74) is 2.38. The number of hydrogen-bond acceptors (Lipinski definition) is 8. The van der Waals surface area contributed by atoms with Gasteiger partial charge in [-0.05, 0) is 37.5 Å². The van der Waals surface area contributed by atoms with E-state index in [0.29, 0.717) is 19.5 Å². The molecule has 0 bridgehead atoms. The second kappa shape index (κ2) is 14.2. The van der Waals surface area contributed by atoms with Gasteiger partial charge in [0.1, 0.15) is 12.5 Å². The van der Waals surface area contributed by atoms with Gasteiger partial charge in [-0.2, -0.15) is 22.3 Å². The van der Waals surface area contributed by atoms with Crippen LogP contribution >= 0.6 is 23.5 Å². The second-order valence-corrected chi connectivity index (χ2v) is 11.2. The smallest absolute Gasteiger partial charge is 0.238 e. The summed E-state index contributed by atoms with van der Waals surface area (Å²) in [5, 5.41) is 23.6. The largest absolute Gasteiger partial charge is 0.385 e. The highest BCUT2D eigenvalue weighted by Crippen LogP contribution is 2.36. The van der Waals surface area contributed by atoms with E-state index in [4.69, 9.17) is 5.26 Å². The summed E-state index contributed by atoms with van der Waals surface area (Å²) >= 11 is 3.56. The van der Waals surface area contributed by atoms with E-state index in [0.717, 1.165) is 18.7 Å². The van der Waals surface area contributed by atoms with Gasteiger partial charge in [-0.25, -0.2) is 0 Å². The SMILES string of the molecule is CCN1C(=O)C(CCNc2cccc(CCN3CCSCC3)c2)SC1CC(C#N)C(=O)NCC#N. The fourth-order valence-corrected chi connectivity index (χ4v) is 6.92. The summed E-state index contributed by atoms with van der Waals surface area (Å²) in [6.07, 6.45) is 1.97. The van der Waals surface area contributed by atoms with E-state index in [-0.39, 0.29) is 29.5 Å². The molecule has 1 aromatic rings. The van der Waals surface area contributed by atoms with Crippen molar-refractivity contribution in [3.63, 3.8) is 0 Å². The van der Waals surface area contributed by atoms with Gasteiger partial charge >= 0.3 is 0 Å². The molecule has 0 aromatic heterocycles. The lowest BCUT2D eigenvalue weighted by atomic mass is 10.1.